The van der Waals surface area contributed by atoms with Crippen LogP contribution in [0.3, 0.4) is 0 Å². The highest BCUT2D eigenvalue weighted by molar-refractivity contribution is 6.03. The number of nitrogens with one attached hydrogen (secondary N) is 1. The molecule has 2 aromatic carbocycles. The minimum Gasteiger partial charge on any atom is -0.454 e. The number of fused-ring (bicyclic) bond motifs is 2. The van der Waals surface area contributed by atoms with Crippen LogP contribution in [0.2, 0.25) is 0 Å². The number of anilines is 1. The lowest BCUT2D eigenvalue weighted by Crippen LogP contribution is -2.28. The van der Waals surface area contributed by atoms with Crippen molar-refractivity contribution in [2.24, 2.45) is 0 Å². The highest BCUT2D eigenvalue weighted by Gasteiger charge is 2.20. The number of benzene rings is 2. The molecule has 1 aliphatic rings. The van der Waals surface area contributed by atoms with Crippen molar-refractivity contribution >= 4 is 28.3 Å². The molecule has 2 heterocycles. The van der Waals surface area contributed by atoms with Crippen molar-refractivity contribution in [2.75, 3.05) is 18.7 Å². The lowest BCUT2D eigenvalue weighted by Gasteiger charge is -2.13. The molecule has 0 spiro atoms. The highest BCUT2D eigenvalue weighted by Crippen LogP contribution is 2.34. The average molecular weight is 409 g/mol. The van der Waals surface area contributed by atoms with E-state index in [-0.39, 0.29) is 24.1 Å². The van der Waals surface area contributed by atoms with Gasteiger partial charge in [0, 0.05) is 17.1 Å². The molecule has 1 N–H and O–H groups in total. The lowest BCUT2D eigenvalue weighted by atomic mass is 10.1. The molecule has 1 aromatic heterocycles. The standard InChI is InChI=1S/C21H19N3O6/c1-12(2)24-20(26)15-6-4-3-5-14(15)19(23-24)21(27)28-10-18(25)22-13-7-8-16-17(9-13)30-11-29-16/h3-9,12H,10-11H2,1-2H3,(H,22,25). The fraction of sp³-hybridized carbons (Fsp3) is 0.238. The van der Waals surface area contributed by atoms with Crippen molar-refractivity contribution in [3.8, 4) is 11.5 Å². The van der Waals surface area contributed by atoms with Gasteiger partial charge in [-0.15, -0.1) is 0 Å². The Hall–Kier alpha value is -3.88. The average Bonchev–Trinajstić information content (AvgIpc) is 3.20. The van der Waals surface area contributed by atoms with E-state index in [1.165, 1.54) is 4.68 Å². The Morgan fingerprint density at radius 2 is 1.87 bits per heavy atom. The fourth-order valence-corrected chi connectivity index (χ4v) is 3.08. The number of hydrogen-bond donors (Lipinski definition) is 1. The van der Waals surface area contributed by atoms with Crippen molar-refractivity contribution in [2.45, 2.75) is 19.9 Å². The van der Waals surface area contributed by atoms with Gasteiger partial charge in [0.15, 0.2) is 23.8 Å². The number of aromatic nitrogens is 2. The Bertz CT molecular complexity index is 1200. The van der Waals surface area contributed by atoms with Gasteiger partial charge in [0.2, 0.25) is 6.79 Å². The van der Waals surface area contributed by atoms with Crippen molar-refractivity contribution in [3.63, 3.8) is 0 Å². The van der Waals surface area contributed by atoms with Gasteiger partial charge < -0.3 is 19.5 Å². The van der Waals surface area contributed by atoms with Crippen LogP contribution in [-0.2, 0) is 9.53 Å². The van der Waals surface area contributed by atoms with E-state index < -0.39 is 18.5 Å². The zero-order valence-corrected chi connectivity index (χ0v) is 16.4. The zero-order chi connectivity index (χ0) is 21.3. The van der Waals surface area contributed by atoms with Crippen LogP contribution in [0, 0.1) is 0 Å². The second-order valence-corrected chi connectivity index (χ2v) is 6.93. The van der Waals surface area contributed by atoms with Gasteiger partial charge >= 0.3 is 5.97 Å². The molecule has 0 saturated heterocycles. The molecule has 1 aliphatic heterocycles. The van der Waals surface area contributed by atoms with Crippen LogP contribution in [0.25, 0.3) is 10.8 Å². The van der Waals surface area contributed by atoms with Crippen LogP contribution < -0.4 is 20.3 Å². The van der Waals surface area contributed by atoms with E-state index in [4.69, 9.17) is 14.2 Å². The molecule has 9 nitrogen and oxygen atoms in total. The summed E-state index contributed by atoms with van der Waals surface area (Å²) >= 11 is 0. The number of hydrogen-bond acceptors (Lipinski definition) is 7. The largest absolute Gasteiger partial charge is 0.454 e. The van der Waals surface area contributed by atoms with Gasteiger partial charge in [-0.25, -0.2) is 9.48 Å². The van der Waals surface area contributed by atoms with E-state index in [0.29, 0.717) is 28.0 Å². The number of carbonyl (C=O) groups excluding carboxylic acids is 2. The van der Waals surface area contributed by atoms with E-state index in [1.807, 2.05) is 0 Å². The summed E-state index contributed by atoms with van der Waals surface area (Å²) in [5.74, 6) is -0.195. The van der Waals surface area contributed by atoms with Crippen LogP contribution in [0.1, 0.15) is 30.4 Å². The van der Waals surface area contributed by atoms with E-state index >= 15 is 0 Å². The molecule has 0 bridgehead atoms. The molecule has 0 fully saturated rings. The van der Waals surface area contributed by atoms with Gasteiger partial charge in [0.25, 0.3) is 11.5 Å². The maximum Gasteiger partial charge on any atom is 0.359 e. The summed E-state index contributed by atoms with van der Waals surface area (Å²) in [6, 6.07) is 11.4. The zero-order valence-electron chi connectivity index (χ0n) is 16.4. The molecule has 154 valence electrons. The summed E-state index contributed by atoms with van der Waals surface area (Å²) in [7, 11) is 0. The van der Waals surface area contributed by atoms with E-state index in [9.17, 15) is 14.4 Å². The number of carbonyl (C=O) groups is 2. The Morgan fingerprint density at radius 3 is 2.63 bits per heavy atom. The normalized spacial score (nSPS) is 12.2. The highest BCUT2D eigenvalue weighted by atomic mass is 16.7. The number of ether oxygens (including phenoxy) is 3. The summed E-state index contributed by atoms with van der Waals surface area (Å²) < 4.78 is 16.9. The second kappa shape index (κ2) is 7.86. The topological polar surface area (TPSA) is 109 Å². The minimum atomic E-state index is -0.790. The van der Waals surface area contributed by atoms with Gasteiger partial charge in [0.1, 0.15) is 0 Å². The number of nitrogens with zero attached hydrogens (tertiary/aromatic N) is 2. The Morgan fingerprint density at radius 1 is 1.13 bits per heavy atom. The second-order valence-electron chi connectivity index (χ2n) is 6.93. The molecule has 0 atom stereocenters. The van der Waals surface area contributed by atoms with E-state index in [1.54, 1.807) is 56.3 Å². The third-order valence-electron chi connectivity index (χ3n) is 4.50. The van der Waals surface area contributed by atoms with Crippen LogP contribution >= 0.6 is 0 Å². The summed E-state index contributed by atoms with van der Waals surface area (Å²) in [6.07, 6.45) is 0. The molecule has 0 unspecified atom stereocenters. The van der Waals surface area contributed by atoms with Gasteiger partial charge in [-0.1, -0.05) is 18.2 Å². The van der Waals surface area contributed by atoms with Crippen LogP contribution in [0.4, 0.5) is 5.69 Å². The first-order valence-electron chi connectivity index (χ1n) is 9.32. The van der Waals surface area contributed by atoms with Crippen molar-refractivity contribution in [1.82, 2.24) is 9.78 Å². The number of rotatable bonds is 5. The number of amides is 1. The predicted molar refractivity (Wildman–Crippen MR) is 108 cm³/mol. The summed E-state index contributed by atoms with van der Waals surface area (Å²) in [5, 5.41) is 7.53. The molecule has 4 rings (SSSR count). The maximum atomic E-state index is 12.6. The smallest absolute Gasteiger partial charge is 0.359 e. The first-order chi connectivity index (χ1) is 14.4. The molecule has 9 heteroatoms. The SMILES string of the molecule is CC(C)n1nc(C(=O)OCC(=O)Nc2ccc3c(c2)OCO3)c2ccccc2c1=O. The molecule has 30 heavy (non-hydrogen) atoms. The maximum absolute atomic E-state index is 12.6. The lowest BCUT2D eigenvalue weighted by molar-refractivity contribution is -0.119. The molecule has 0 aliphatic carbocycles. The quantitative estimate of drug-likeness (QED) is 0.645. The summed E-state index contributed by atoms with van der Waals surface area (Å²) in [6.45, 7) is 3.20. The van der Waals surface area contributed by atoms with Crippen molar-refractivity contribution in [3.05, 3.63) is 58.5 Å². The molecule has 1 amide bonds. The first-order valence-corrected chi connectivity index (χ1v) is 9.32. The van der Waals surface area contributed by atoms with Gasteiger partial charge in [-0.3, -0.25) is 9.59 Å². The fourth-order valence-electron chi connectivity index (χ4n) is 3.08. The Balaban J connectivity index is 1.50. The van der Waals surface area contributed by atoms with Gasteiger partial charge in [-0.05, 0) is 32.0 Å². The Labute approximate surface area is 171 Å². The number of esters is 1. The predicted octanol–water partition coefficient (Wildman–Crippen LogP) is 2.50. The summed E-state index contributed by atoms with van der Waals surface area (Å²) in [5.41, 5.74) is 0.171. The van der Waals surface area contributed by atoms with Crippen molar-refractivity contribution < 1.29 is 23.8 Å². The van der Waals surface area contributed by atoms with E-state index in [2.05, 4.69) is 10.4 Å². The van der Waals surface area contributed by atoms with Crippen LogP contribution in [0.5, 0.6) is 11.5 Å². The first kappa shape index (κ1) is 19.4. The molecule has 0 radical (unpaired) electrons. The molecule has 0 saturated carbocycles. The third-order valence-corrected chi connectivity index (χ3v) is 4.50. The molecule has 3 aromatic rings. The minimum absolute atomic E-state index is 0.0187. The van der Waals surface area contributed by atoms with Gasteiger partial charge in [-0.2, -0.15) is 5.10 Å². The molecular weight excluding hydrogens is 390 g/mol. The summed E-state index contributed by atoms with van der Waals surface area (Å²) in [4.78, 5) is 37.4. The Kier molecular flexibility index (Phi) is 5.09. The monoisotopic (exact) mass is 409 g/mol. The van der Waals surface area contributed by atoms with Crippen molar-refractivity contribution in [1.29, 1.82) is 0 Å². The van der Waals surface area contributed by atoms with Gasteiger partial charge in [0.05, 0.1) is 11.4 Å². The third kappa shape index (κ3) is 3.69. The van der Waals surface area contributed by atoms with Crippen LogP contribution in [0.15, 0.2) is 47.3 Å². The van der Waals surface area contributed by atoms with E-state index in [0.717, 1.165) is 0 Å². The van der Waals surface area contributed by atoms with Crippen LogP contribution in [-0.4, -0.2) is 35.1 Å². The molecular formula is C21H19N3O6.